The summed E-state index contributed by atoms with van der Waals surface area (Å²) in [5.41, 5.74) is 5.18. The number of amides is 1. The van der Waals surface area contributed by atoms with Crippen LogP contribution < -0.4 is 5.73 Å². The lowest BCUT2D eigenvalue weighted by molar-refractivity contribution is -0.385. The standard InChI is InChI=1S/C18H14N4O5S/c1-11-5-4-6-13(18(19)23)17(11)28(26,27)16-10-12(22(24)25)9-15(21-16)14-7-2-3-8-20-14/h2-10H,1H3,(H2,19,23). The fraction of sp³-hybridized carbons (Fsp3) is 0.0556. The van der Waals surface area contributed by atoms with Crippen molar-refractivity contribution >= 4 is 21.4 Å². The van der Waals surface area contributed by atoms with Gasteiger partial charge in [0.05, 0.1) is 32.8 Å². The molecular weight excluding hydrogens is 384 g/mol. The normalized spacial score (nSPS) is 11.2. The summed E-state index contributed by atoms with van der Waals surface area (Å²) >= 11 is 0. The van der Waals surface area contributed by atoms with Gasteiger partial charge in [-0.2, -0.15) is 0 Å². The largest absolute Gasteiger partial charge is 0.366 e. The quantitative estimate of drug-likeness (QED) is 0.512. The van der Waals surface area contributed by atoms with Crippen molar-refractivity contribution in [2.75, 3.05) is 0 Å². The summed E-state index contributed by atoms with van der Waals surface area (Å²) < 4.78 is 26.4. The highest BCUT2D eigenvalue weighted by atomic mass is 32.2. The third-order valence-electron chi connectivity index (χ3n) is 3.95. The molecule has 3 aromatic rings. The van der Waals surface area contributed by atoms with Crippen molar-refractivity contribution in [1.29, 1.82) is 0 Å². The molecule has 0 spiro atoms. The van der Waals surface area contributed by atoms with Crippen LogP contribution in [0.3, 0.4) is 0 Å². The smallest absolute Gasteiger partial charge is 0.274 e. The first kappa shape index (κ1) is 19.1. The molecule has 0 aliphatic carbocycles. The van der Waals surface area contributed by atoms with Gasteiger partial charge in [-0.1, -0.05) is 18.2 Å². The molecule has 2 heterocycles. The summed E-state index contributed by atoms with van der Waals surface area (Å²) in [6.45, 7) is 1.50. The van der Waals surface area contributed by atoms with Gasteiger partial charge in [0.15, 0.2) is 5.03 Å². The van der Waals surface area contributed by atoms with Crippen molar-refractivity contribution in [3.05, 3.63) is 76.0 Å². The van der Waals surface area contributed by atoms with Crippen LogP contribution in [0.25, 0.3) is 11.4 Å². The first-order valence-corrected chi connectivity index (χ1v) is 9.42. The zero-order chi connectivity index (χ0) is 20.5. The highest BCUT2D eigenvalue weighted by molar-refractivity contribution is 7.91. The van der Waals surface area contributed by atoms with Gasteiger partial charge in [-0.15, -0.1) is 0 Å². The highest BCUT2D eigenvalue weighted by Crippen LogP contribution is 2.30. The van der Waals surface area contributed by atoms with E-state index in [1.807, 2.05) is 0 Å². The number of rotatable bonds is 5. The van der Waals surface area contributed by atoms with E-state index in [1.165, 1.54) is 31.3 Å². The molecule has 28 heavy (non-hydrogen) atoms. The Morgan fingerprint density at radius 2 is 1.86 bits per heavy atom. The Hall–Kier alpha value is -3.66. The topological polar surface area (TPSA) is 146 Å². The third-order valence-corrected chi connectivity index (χ3v) is 5.79. The number of nitrogens with two attached hydrogens (primary N) is 1. The van der Waals surface area contributed by atoms with Crippen LogP contribution in [0.4, 0.5) is 5.69 Å². The fourth-order valence-corrected chi connectivity index (χ4v) is 4.34. The number of hydrogen-bond donors (Lipinski definition) is 1. The molecule has 0 unspecified atom stereocenters. The van der Waals surface area contributed by atoms with E-state index in [1.54, 1.807) is 18.2 Å². The van der Waals surface area contributed by atoms with Crippen LogP contribution in [-0.4, -0.2) is 29.2 Å². The number of primary amides is 1. The number of aromatic nitrogens is 2. The van der Waals surface area contributed by atoms with Gasteiger partial charge < -0.3 is 5.73 Å². The van der Waals surface area contributed by atoms with Crippen molar-refractivity contribution in [2.45, 2.75) is 16.8 Å². The number of carbonyl (C=O) groups excluding carboxylic acids is 1. The molecule has 0 aliphatic rings. The molecule has 0 radical (unpaired) electrons. The Morgan fingerprint density at radius 3 is 2.46 bits per heavy atom. The molecule has 0 aliphatic heterocycles. The van der Waals surface area contributed by atoms with E-state index in [0.29, 0.717) is 0 Å². The molecule has 3 rings (SSSR count). The Balaban J connectivity index is 2.31. The van der Waals surface area contributed by atoms with Gasteiger partial charge >= 0.3 is 0 Å². The summed E-state index contributed by atoms with van der Waals surface area (Å²) in [5, 5.41) is 10.8. The van der Waals surface area contributed by atoms with Crippen molar-refractivity contribution in [3.8, 4) is 11.4 Å². The number of nitro groups is 1. The van der Waals surface area contributed by atoms with E-state index in [0.717, 1.165) is 12.1 Å². The second kappa shape index (κ2) is 7.16. The van der Waals surface area contributed by atoms with Crippen molar-refractivity contribution in [2.24, 2.45) is 5.73 Å². The number of benzene rings is 1. The molecule has 1 amide bonds. The van der Waals surface area contributed by atoms with Gasteiger partial charge in [0, 0.05) is 12.3 Å². The van der Waals surface area contributed by atoms with Gasteiger partial charge in [0.1, 0.15) is 0 Å². The van der Waals surface area contributed by atoms with Gasteiger partial charge in [0.25, 0.3) is 5.69 Å². The van der Waals surface area contributed by atoms with Crippen LogP contribution in [0.5, 0.6) is 0 Å². The summed E-state index contributed by atoms with van der Waals surface area (Å²) in [6, 6.07) is 11.1. The maximum atomic E-state index is 13.2. The third kappa shape index (κ3) is 3.45. The minimum atomic E-state index is -4.38. The molecule has 2 N–H and O–H groups in total. The van der Waals surface area contributed by atoms with Gasteiger partial charge in [0.2, 0.25) is 15.7 Å². The number of pyridine rings is 2. The van der Waals surface area contributed by atoms with E-state index >= 15 is 0 Å². The van der Waals surface area contributed by atoms with E-state index in [-0.39, 0.29) is 27.4 Å². The summed E-state index contributed by atoms with van der Waals surface area (Å²) in [6.07, 6.45) is 1.45. The molecule has 0 atom stereocenters. The first-order chi connectivity index (χ1) is 13.2. The van der Waals surface area contributed by atoms with Crippen molar-refractivity contribution in [1.82, 2.24) is 9.97 Å². The molecule has 2 aromatic heterocycles. The monoisotopic (exact) mass is 398 g/mol. The highest BCUT2D eigenvalue weighted by Gasteiger charge is 2.29. The molecule has 142 valence electrons. The van der Waals surface area contributed by atoms with Crippen LogP contribution in [0.15, 0.2) is 64.6 Å². The lowest BCUT2D eigenvalue weighted by Crippen LogP contribution is -2.18. The van der Waals surface area contributed by atoms with E-state index < -0.39 is 31.4 Å². The second-order valence-corrected chi connectivity index (χ2v) is 7.67. The van der Waals surface area contributed by atoms with Crippen LogP contribution in [-0.2, 0) is 9.84 Å². The SMILES string of the molecule is Cc1cccc(C(N)=O)c1S(=O)(=O)c1cc([N+](=O)[O-])cc(-c2ccccn2)n1. The second-order valence-electron chi connectivity index (χ2n) is 5.84. The Labute approximate surface area is 159 Å². The lowest BCUT2D eigenvalue weighted by Gasteiger charge is -2.12. The van der Waals surface area contributed by atoms with Crippen molar-refractivity contribution < 1.29 is 18.1 Å². The molecule has 0 saturated carbocycles. The zero-order valence-corrected chi connectivity index (χ0v) is 15.4. The van der Waals surface area contributed by atoms with Crippen LogP contribution >= 0.6 is 0 Å². The van der Waals surface area contributed by atoms with Crippen molar-refractivity contribution in [3.63, 3.8) is 0 Å². The molecular formula is C18H14N4O5S. The Morgan fingerprint density at radius 1 is 1.11 bits per heavy atom. The molecule has 9 nitrogen and oxygen atoms in total. The zero-order valence-electron chi connectivity index (χ0n) is 14.6. The minimum absolute atomic E-state index is 0.0163. The number of aryl methyl sites for hydroxylation is 1. The fourth-order valence-electron chi connectivity index (χ4n) is 2.69. The van der Waals surface area contributed by atoms with Crippen LogP contribution in [0.2, 0.25) is 0 Å². The minimum Gasteiger partial charge on any atom is -0.366 e. The lowest BCUT2D eigenvalue weighted by atomic mass is 10.1. The van der Waals surface area contributed by atoms with E-state index in [2.05, 4.69) is 9.97 Å². The van der Waals surface area contributed by atoms with Gasteiger partial charge in [-0.25, -0.2) is 13.4 Å². The average Bonchev–Trinajstić information content (AvgIpc) is 2.67. The predicted octanol–water partition coefficient (Wildman–Crippen LogP) is 2.29. The van der Waals surface area contributed by atoms with Gasteiger partial charge in [-0.05, 0) is 30.7 Å². The summed E-state index contributed by atoms with van der Waals surface area (Å²) in [7, 11) is -4.38. The number of carbonyl (C=O) groups is 1. The first-order valence-electron chi connectivity index (χ1n) is 7.94. The van der Waals surface area contributed by atoms with Crippen LogP contribution in [0, 0.1) is 17.0 Å². The van der Waals surface area contributed by atoms with Crippen LogP contribution in [0.1, 0.15) is 15.9 Å². The van der Waals surface area contributed by atoms with E-state index in [4.69, 9.17) is 5.73 Å². The molecule has 0 bridgehead atoms. The Kier molecular flexibility index (Phi) is 4.89. The molecule has 0 fully saturated rings. The molecule has 1 aromatic carbocycles. The number of nitrogens with zero attached hydrogens (tertiary/aromatic N) is 3. The molecule has 10 heteroatoms. The number of hydrogen-bond acceptors (Lipinski definition) is 7. The number of sulfone groups is 1. The van der Waals surface area contributed by atoms with E-state index in [9.17, 15) is 23.3 Å². The Bertz CT molecular complexity index is 1190. The maximum Gasteiger partial charge on any atom is 0.274 e. The predicted molar refractivity (Wildman–Crippen MR) is 99.3 cm³/mol. The summed E-state index contributed by atoms with van der Waals surface area (Å²) in [4.78, 5) is 30.1. The molecule has 0 saturated heterocycles. The van der Waals surface area contributed by atoms with Gasteiger partial charge in [-0.3, -0.25) is 19.9 Å². The summed E-state index contributed by atoms with van der Waals surface area (Å²) in [5.74, 6) is -0.933. The maximum absolute atomic E-state index is 13.2. The average molecular weight is 398 g/mol.